The van der Waals surface area contributed by atoms with E-state index in [1.807, 2.05) is 24.3 Å². The van der Waals surface area contributed by atoms with Gasteiger partial charge in [0.25, 0.3) is 10.0 Å². The van der Waals surface area contributed by atoms with E-state index in [4.69, 9.17) is 9.47 Å². The smallest absolute Gasteiger partial charge is 0.264 e. The Morgan fingerprint density at radius 2 is 1.68 bits per heavy atom. The molecule has 0 saturated carbocycles. The van der Waals surface area contributed by atoms with E-state index in [2.05, 4.69) is 21.2 Å². The van der Waals surface area contributed by atoms with Crippen molar-refractivity contribution in [1.82, 2.24) is 10.2 Å². The molecule has 38 heavy (non-hydrogen) atoms. The summed E-state index contributed by atoms with van der Waals surface area (Å²) in [5.41, 5.74) is 1.02. The van der Waals surface area contributed by atoms with Crippen LogP contribution >= 0.6 is 15.9 Å². The number of hydrogen-bond acceptors (Lipinski definition) is 6. The highest BCUT2D eigenvalue weighted by Crippen LogP contribution is 2.36. The zero-order valence-electron chi connectivity index (χ0n) is 21.0. The Morgan fingerprint density at radius 1 is 0.974 bits per heavy atom. The zero-order valence-corrected chi connectivity index (χ0v) is 23.4. The number of halogens is 1. The van der Waals surface area contributed by atoms with Crippen molar-refractivity contribution in [3.63, 3.8) is 0 Å². The molecule has 1 aliphatic heterocycles. The third-order valence-corrected chi connectivity index (χ3v) is 8.36. The lowest BCUT2D eigenvalue weighted by molar-refractivity contribution is -0.139. The fourth-order valence-electron chi connectivity index (χ4n) is 4.06. The summed E-state index contributed by atoms with van der Waals surface area (Å²) in [6.07, 6.45) is 0. The van der Waals surface area contributed by atoms with Crippen molar-refractivity contribution in [1.29, 1.82) is 0 Å². The van der Waals surface area contributed by atoms with Gasteiger partial charge in [0.1, 0.15) is 25.8 Å². The Balaban J connectivity index is 1.74. The predicted molar refractivity (Wildman–Crippen MR) is 147 cm³/mol. The SMILES string of the molecule is CNC(=O)[C@@H](C)N(Cc1cccc(Br)c1)C(=O)CN(c1ccc2c(c1)OCCO2)S(=O)(=O)c1ccccc1. The lowest BCUT2D eigenvalue weighted by Crippen LogP contribution is -2.50. The minimum atomic E-state index is -4.16. The van der Waals surface area contributed by atoms with Crippen LogP contribution < -0.4 is 19.1 Å². The maximum Gasteiger partial charge on any atom is 0.264 e. The van der Waals surface area contributed by atoms with E-state index < -0.39 is 28.5 Å². The highest BCUT2D eigenvalue weighted by molar-refractivity contribution is 9.10. The number of carbonyl (C=O) groups is 2. The van der Waals surface area contributed by atoms with E-state index in [0.29, 0.717) is 24.7 Å². The largest absolute Gasteiger partial charge is 0.486 e. The van der Waals surface area contributed by atoms with Crippen LogP contribution in [0.25, 0.3) is 0 Å². The van der Waals surface area contributed by atoms with Crippen LogP contribution in [0.15, 0.2) is 82.2 Å². The predicted octanol–water partition coefficient (Wildman–Crippen LogP) is 3.58. The van der Waals surface area contributed by atoms with Gasteiger partial charge in [0.05, 0.1) is 10.6 Å². The van der Waals surface area contributed by atoms with E-state index in [1.54, 1.807) is 43.3 Å². The molecule has 0 unspecified atom stereocenters. The summed E-state index contributed by atoms with van der Waals surface area (Å²) in [5.74, 6) is -0.0345. The van der Waals surface area contributed by atoms with Crippen LogP contribution in [0.1, 0.15) is 12.5 Å². The van der Waals surface area contributed by atoms with Gasteiger partial charge in [-0.3, -0.25) is 13.9 Å². The molecule has 3 aromatic carbocycles. The first-order chi connectivity index (χ1) is 18.2. The number of fused-ring (bicyclic) bond motifs is 1. The summed E-state index contributed by atoms with van der Waals surface area (Å²) in [6, 6.07) is 19.1. The second kappa shape index (κ2) is 11.9. The van der Waals surface area contributed by atoms with Gasteiger partial charge >= 0.3 is 0 Å². The molecular formula is C27H28BrN3O6S. The van der Waals surface area contributed by atoms with Gasteiger partial charge in [0, 0.05) is 24.1 Å². The molecule has 1 heterocycles. The van der Waals surface area contributed by atoms with Gasteiger partial charge < -0.3 is 19.7 Å². The molecule has 0 radical (unpaired) electrons. The van der Waals surface area contributed by atoms with Crippen LogP contribution in [-0.4, -0.2) is 58.0 Å². The molecule has 0 fully saturated rings. The van der Waals surface area contributed by atoms with Crippen LogP contribution in [0, 0.1) is 0 Å². The summed E-state index contributed by atoms with van der Waals surface area (Å²) >= 11 is 3.43. The first kappa shape index (κ1) is 27.5. The van der Waals surface area contributed by atoms with Crippen LogP contribution in [-0.2, 0) is 26.2 Å². The Bertz CT molecular complexity index is 1420. The van der Waals surface area contributed by atoms with Crippen molar-refractivity contribution in [2.24, 2.45) is 0 Å². The van der Waals surface area contributed by atoms with Crippen LogP contribution in [0.5, 0.6) is 11.5 Å². The molecule has 1 N–H and O–H groups in total. The molecular weight excluding hydrogens is 574 g/mol. The van der Waals surface area contributed by atoms with Crippen molar-refractivity contribution in [3.05, 3.63) is 82.8 Å². The zero-order chi connectivity index (χ0) is 27.3. The highest BCUT2D eigenvalue weighted by Gasteiger charge is 2.33. The van der Waals surface area contributed by atoms with Gasteiger partial charge in [0.15, 0.2) is 11.5 Å². The molecule has 11 heteroatoms. The number of hydrogen-bond donors (Lipinski definition) is 1. The molecule has 0 aromatic heterocycles. The Labute approximate surface area is 230 Å². The number of amides is 2. The number of anilines is 1. The normalized spacial score (nSPS) is 13.3. The average molecular weight is 603 g/mol. The van der Waals surface area contributed by atoms with Gasteiger partial charge in [-0.1, -0.05) is 46.3 Å². The lowest BCUT2D eigenvalue weighted by Gasteiger charge is -2.32. The maximum absolute atomic E-state index is 13.8. The first-order valence-electron chi connectivity index (χ1n) is 11.9. The monoisotopic (exact) mass is 601 g/mol. The van der Waals surface area contributed by atoms with Gasteiger partial charge in [-0.2, -0.15) is 0 Å². The fourth-order valence-corrected chi connectivity index (χ4v) is 5.93. The molecule has 3 aromatic rings. The van der Waals surface area contributed by atoms with Crippen molar-refractivity contribution >= 4 is 43.5 Å². The van der Waals surface area contributed by atoms with Crippen molar-refractivity contribution in [2.75, 3.05) is 31.1 Å². The number of benzene rings is 3. The summed E-state index contributed by atoms with van der Waals surface area (Å²) < 4.78 is 40.7. The molecule has 9 nitrogen and oxygen atoms in total. The Morgan fingerprint density at radius 3 is 2.37 bits per heavy atom. The summed E-state index contributed by atoms with van der Waals surface area (Å²) in [6.45, 7) is 1.89. The van der Waals surface area contributed by atoms with E-state index in [1.165, 1.54) is 24.1 Å². The number of carbonyl (C=O) groups excluding carboxylic acids is 2. The van der Waals surface area contributed by atoms with Gasteiger partial charge in [0.2, 0.25) is 11.8 Å². The standard InChI is InChI=1S/C27H28BrN3O6S/c1-19(27(33)29-2)30(17-20-7-6-8-21(28)15-20)26(32)18-31(38(34,35)23-9-4-3-5-10-23)22-11-12-24-25(16-22)37-14-13-36-24/h3-12,15-16,19H,13-14,17-18H2,1-2H3,(H,29,33)/t19-/m1/s1. The second-order valence-corrected chi connectivity index (χ2v) is 11.4. The Hall–Kier alpha value is -3.57. The highest BCUT2D eigenvalue weighted by atomic mass is 79.9. The summed E-state index contributed by atoms with van der Waals surface area (Å²) in [7, 11) is -2.67. The molecule has 1 atom stereocenters. The molecule has 200 valence electrons. The molecule has 0 aliphatic carbocycles. The quantitative estimate of drug-likeness (QED) is 0.402. The molecule has 0 spiro atoms. The molecule has 0 saturated heterocycles. The van der Waals surface area contributed by atoms with Crippen molar-refractivity contribution < 1.29 is 27.5 Å². The topological polar surface area (TPSA) is 105 Å². The number of nitrogens with zero attached hydrogens (tertiary/aromatic N) is 2. The minimum absolute atomic E-state index is 0.0283. The molecule has 1 aliphatic rings. The van der Waals surface area contributed by atoms with Crippen LogP contribution in [0.3, 0.4) is 0 Å². The second-order valence-electron chi connectivity index (χ2n) is 8.59. The number of nitrogens with one attached hydrogen (secondary N) is 1. The fraction of sp³-hybridized carbons (Fsp3) is 0.259. The number of sulfonamides is 1. The number of rotatable bonds is 9. The maximum atomic E-state index is 13.8. The first-order valence-corrected chi connectivity index (χ1v) is 14.2. The molecule has 4 rings (SSSR count). The van der Waals surface area contributed by atoms with E-state index >= 15 is 0 Å². The van der Waals surface area contributed by atoms with Crippen LogP contribution in [0.2, 0.25) is 0 Å². The van der Waals surface area contributed by atoms with Crippen molar-refractivity contribution in [3.8, 4) is 11.5 Å². The third-order valence-electron chi connectivity index (χ3n) is 6.08. The number of ether oxygens (including phenoxy) is 2. The van der Waals surface area contributed by atoms with E-state index in [9.17, 15) is 18.0 Å². The summed E-state index contributed by atoms with van der Waals surface area (Å²) in [5, 5.41) is 2.57. The van der Waals surface area contributed by atoms with Crippen molar-refractivity contribution in [2.45, 2.75) is 24.4 Å². The average Bonchev–Trinajstić information content (AvgIpc) is 2.93. The van der Waals surface area contributed by atoms with E-state index in [-0.39, 0.29) is 23.0 Å². The summed E-state index contributed by atoms with van der Waals surface area (Å²) in [4.78, 5) is 27.8. The van der Waals surface area contributed by atoms with E-state index in [0.717, 1.165) is 14.3 Å². The van der Waals surface area contributed by atoms with Crippen LogP contribution in [0.4, 0.5) is 5.69 Å². The minimum Gasteiger partial charge on any atom is -0.486 e. The molecule has 0 bridgehead atoms. The number of likely N-dealkylation sites (N-methyl/N-ethyl adjacent to an activating group) is 1. The van der Waals surface area contributed by atoms with Gasteiger partial charge in [-0.15, -0.1) is 0 Å². The Kier molecular flexibility index (Phi) is 8.58. The van der Waals surface area contributed by atoms with Gasteiger partial charge in [-0.05, 0) is 48.9 Å². The lowest BCUT2D eigenvalue weighted by atomic mass is 10.1. The molecule has 2 amide bonds. The van der Waals surface area contributed by atoms with Gasteiger partial charge in [-0.25, -0.2) is 8.42 Å². The third kappa shape index (κ3) is 6.11.